The normalized spacial score (nSPS) is 33.3. The number of ketones is 2. The number of phenolic OH excluding ortho intramolecular Hbond substituents is 1. The largest absolute Gasteiger partial charge is 0.510 e. The summed E-state index contributed by atoms with van der Waals surface area (Å²) in [4.78, 5) is 42.7. The number of aliphatic hydroxyl groups is 3. The minimum atomic E-state index is -4.88. The Morgan fingerprint density at radius 2 is 1.77 bits per heavy atom. The maximum atomic E-state index is 14.8. The number of carbonyl (C=O) groups excluding carboxylic acids is 3. The van der Waals surface area contributed by atoms with Crippen LogP contribution in [-0.4, -0.2) is 86.5 Å². The van der Waals surface area contributed by atoms with E-state index < -0.39 is 98.7 Å². The highest BCUT2D eigenvalue weighted by Gasteiger charge is 2.63. The van der Waals surface area contributed by atoms with E-state index in [-0.39, 0.29) is 24.6 Å². The third-order valence-corrected chi connectivity index (χ3v) is 10.8. The molecule has 2 saturated carbocycles. The van der Waals surface area contributed by atoms with E-state index in [1.807, 2.05) is 4.90 Å². The lowest BCUT2D eigenvalue weighted by atomic mass is 9.58. The fourth-order valence-corrected chi connectivity index (χ4v) is 9.00. The molecule has 0 aromatic heterocycles. The molecule has 5 aliphatic rings. The van der Waals surface area contributed by atoms with E-state index in [0.717, 1.165) is 31.7 Å². The molecular weight excluding hydrogens is 583 g/mol. The van der Waals surface area contributed by atoms with Crippen LogP contribution in [0.3, 0.4) is 0 Å². The maximum Gasteiger partial charge on any atom is 0.417 e. The Morgan fingerprint density at radius 1 is 1.09 bits per heavy atom. The summed E-state index contributed by atoms with van der Waals surface area (Å²) in [7, 11) is 4.73. The van der Waals surface area contributed by atoms with Gasteiger partial charge < -0.3 is 26.2 Å². The van der Waals surface area contributed by atoms with E-state index in [2.05, 4.69) is 0 Å². The van der Waals surface area contributed by atoms with Gasteiger partial charge >= 0.3 is 6.18 Å². The van der Waals surface area contributed by atoms with Crippen molar-refractivity contribution in [2.45, 2.75) is 68.9 Å². The van der Waals surface area contributed by atoms with Crippen LogP contribution >= 0.6 is 0 Å². The molecule has 44 heavy (non-hydrogen) atoms. The fourth-order valence-electron chi connectivity index (χ4n) is 9.00. The number of benzene rings is 1. The summed E-state index contributed by atoms with van der Waals surface area (Å²) in [6, 6.07) is -0.172. The molecule has 0 radical (unpaired) electrons. The Bertz CT molecular complexity index is 1550. The highest BCUT2D eigenvalue weighted by Crippen LogP contribution is 2.54. The fraction of sp³-hybridized carbons (Fsp3) is 0.581. The molecule has 6 N–H and O–H groups in total. The van der Waals surface area contributed by atoms with Gasteiger partial charge in [0.05, 0.1) is 17.2 Å². The van der Waals surface area contributed by atoms with Crippen LogP contribution in [0.4, 0.5) is 13.2 Å². The lowest BCUT2D eigenvalue weighted by Gasteiger charge is -2.50. The maximum absolute atomic E-state index is 14.8. The number of hydrogen-bond donors (Lipinski definition) is 5. The second-order valence-electron chi connectivity index (χ2n) is 13.4. The highest BCUT2D eigenvalue weighted by atomic mass is 19.4. The Labute approximate surface area is 251 Å². The van der Waals surface area contributed by atoms with E-state index in [1.54, 1.807) is 7.05 Å². The number of nitrogens with zero attached hydrogens (tertiary/aromatic N) is 2. The molecule has 5 aliphatic carbocycles. The number of alkyl halides is 3. The summed E-state index contributed by atoms with van der Waals surface area (Å²) in [5.74, 6) is -7.93. The average molecular weight is 620 g/mol. The van der Waals surface area contributed by atoms with Crippen LogP contribution in [0.1, 0.15) is 59.2 Å². The molecule has 13 heteroatoms. The number of Topliss-reactive ketones (excluding diaryl/α,β-unsaturated/α-hetero) is 2. The molecule has 0 heterocycles. The lowest BCUT2D eigenvalue weighted by molar-refractivity contribution is -0.148. The quantitative estimate of drug-likeness (QED) is 0.312. The Kier molecular flexibility index (Phi) is 6.99. The first-order valence-electron chi connectivity index (χ1n) is 14.8. The van der Waals surface area contributed by atoms with Gasteiger partial charge in [-0.25, -0.2) is 0 Å². The van der Waals surface area contributed by atoms with Gasteiger partial charge in [0.1, 0.15) is 22.8 Å². The molecule has 7 atom stereocenters. The van der Waals surface area contributed by atoms with Gasteiger partial charge in [-0.1, -0.05) is 6.42 Å². The van der Waals surface area contributed by atoms with Crippen LogP contribution in [0.15, 0.2) is 28.7 Å². The Hall–Kier alpha value is -3.42. The van der Waals surface area contributed by atoms with Crippen molar-refractivity contribution in [3.05, 3.63) is 51.0 Å². The van der Waals surface area contributed by atoms with Crippen LogP contribution in [-0.2, 0) is 28.7 Å². The van der Waals surface area contributed by atoms with Gasteiger partial charge in [-0.2, -0.15) is 13.2 Å². The highest BCUT2D eigenvalue weighted by molar-refractivity contribution is 6.24. The zero-order valence-electron chi connectivity index (χ0n) is 24.6. The molecule has 2 bridgehead atoms. The average Bonchev–Trinajstić information content (AvgIpc) is 3.53. The van der Waals surface area contributed by atoms with E-state index in [9.17, 15) is 48.0 Å². The molecule has 0 spiro atoms. The standard InChI is InChI=1S/C31H36F3N3O7/c1-36(2)24-17-9-14-8-16-21(25(39)20(14)27(41)30(17,44)28(42)22(26(24)40)29(35)43)19(38)10-15(23(16)31(32,33)34)11-37(3)18-7-12-4-5-13(18)6-12/h10,12-14,17-18,24,38,40-41,44H,4-9,11H2,1-3H3,(H2,35,43)/t12?,13?,14-,17-,18-,24-,30-/m0/s1. The predicted molar refractivity (Wildman–Crippen MR) is 149 cm³/mol. The van der Waals surface area contributed by atoms with Crippen molar-refractivity contribution in [1.29, 1.82) is 0 Å². The summed E-state index contributed by atoms with van der Waals surface area (Å²) in [5, 5.41) is 45.0. The lowest BCUT2D eigenvalue weighted by Crippen LogP contribution is -2.63. The molecule has 1 amide bonds. The summed E-state index contributed by atoms with van der Waals surface area (Å²) >= 11 is 0. The first kappa shape index (κ1) is 30.6. The summed E-state index contributed by atoms with van der Waals surface area (Å²) in [6.07, 6.45) is -1.48. The number of aromatic hydroxyl groups is 1. The number of aliphatic hydroxyl groups excluding tert-OH is 2. The van der Waals surface area contributed by atoms with Crippen LogP contribution in [0, 0.1) is 23.7 Å². The summed E-state index contributed by atoms with van der Waals surface area (Å²) in [5.41, 5.74) is -1.23. The van der Waals surface area contributed by atoms with E-state index in [1.165, 1.54) is 19.0 Å². The summed E-state index contributed by atoms with van der Waals surface area (Å²) < 4.78 is 44.5. The molecule has 2 unspecified atom stereocenters. The van der Waals surface area contributed by atoms with Gasteiger partial charge in [-0.15, -0.1) is 0 Å². The second-order valence-corrected chi connectivity index (χ2v) is 13.4. The molecule has 0 saturated heterocycles. The zero-order chi connectivity index (χ0) is 32.2. The number of phenols is 1. The van der Waals surface area contributed by atoms with Gasteiger partial charge in [0.2, 0.25) is 5.78 Å². The van der Waals surface area contributed by atoms with E-state index >= 15 is 0 Å². The first-order chi connectivity index (χ1) is 20.5. The smallest absolute Gasteiger partial charge is 0.417 e. The number of amides is 1. The van der Waals surface area contributed by atoms with E-state index in [0.29, 0.717) is 11.8 Å². The number of hydrogen-bond acceptors (Lipinski definition) is 9. The number of likely N-dealkylation sites (N-methyl/N-ethyl adjacent to an activating group) is 1. The second kappa shape index (κ2) is 10.0. The van der Waals surface area contributed by atoms with E-state index in [4.69, 9.17) is 5.73 Å². The van der Waals surface area contributed by atoms with Crippen LogP contribution in [0.5, 0.6) is 5.75 Å². The first-order valence-corrected chi connectivity index (χ1v) is 14.8. The van der Waals surface area contributed by atoms with Gasteiger partial charge in [0.15, 0.2) is 11.4 Å². The van der Waals surface area contributed by atoms with Crippen molar-refractivity contribution in [3.63, 3.8) is 0 Å². The molecule has 10 nitrogen and oxygen atoms in total. The van der Waals surface area contributed by atoms with Crippen molar-refractivity contribution < 1.29 is 48.0 Å². The number of fused-ring (bicyclic) bond motifs is 5. The zero-order valence-corrected chi connectivity index (χ0v) is 24.6. The molecule has 0 aliphatic heterocycles. The van der Waals surface area contributed by atoms with Crippen molar-refractivity contribution in [3.8, 4) is 5.75 Å². The SMILES string of the molecule is CN(C)[C@@H]1C(O)=C(C(N)=O)C(=O)[C@@]2(O)C(O)=C3C(=O)c4c(O)cc(CN(C)[C@H]5CC6CCC5C6)c(C(F)(F)F)c4C[C@H]3C[C@@H]12. The predicted octanol–water partition coefficient (Wildman–Crippen LogP) is 2.76. The minimum Gasteiger partial charge on any atom is -0.510 e. The summed E-state index contributed by atoms with van der Waals surface area (Å²) in [6.45, 7) is -0.0927. The molecule has 6 rings (SSSR count). The topological polar surface area (TPSA) is 165 Å². The van der Waals surface area contributed by atoms with Crippen LogP contribution in [0.2, 0.25) is 0 Å². The third-order valence-electron chi connectivity index (χ3n) is 10.8. The number of halogens is 3. The van der Waals surface area contributed by atoms with Crippen LogP contribution < -0.4 is 5.73 Å². The molecule has 238 valence electrons. The molecule has 2 fully saturated rings. The van der Waals surface area contributed by atoms with Gasteiger partial charge in [-0.3, -0.25) is 24.2 Å². The minimum absolute atomic E-state index is 0.0927. The molecule has 1 aromatic carbocycles. The van der Waals surface area contributed by atoms with Gasteiger partial charge in [0.25, 0.3) is 5.91 Å². The Balaban J connectivity index is 1.47. The van der Waals surface area contributed by atoms with Crippen molar-refractivity contribution in [1.82, 2.24) is 9.80 Å². The number of carbonyl (C=O) groups is 3. The third kappa shape index (κ3) is 4.22. The van der Waals surface area contributed by atoms with Gasteiger partial charge in [0, 0.05) is 24.1 Å². The number of primary amides is 1. The molecular formula is C31H36F3N3O7. The van der Waals surface area contributed by atoms with Gasteiger partial charge in [-0.05, 0) is 88.2 Å². The number of rotatable bonds is 5. The number of allylic oxidation sites excluding steroid dienone is 1. The Morgan fingerprint density at radius 3 is 2.32 bits per heavy atom. The van der Waals surface area contributed by atoms with Crippen molar-refractivity contribution >= 4 is 17.5 Å². The van der Waals surface area contributed by atoms with Crippen molar-refractivity contribution in [2.24, 2.45) is 29.4 Å². The van der Waals surface area contributed by atoms with Crippen molar-refractivity contribution in [2.75, 3.05) is 21.1 Å². The molecule has 1 aromatic rings. The van der Waals surface area contributed by atoms with Crippen LogP contribution in [0.25, 0.3) is 0 Å². The monoisotopic (exact) mass is 619 g/mol. The number of nitrogens with two attached hydrogens (primary N) is 1.